The minimum Gasteiger partial charge on any atom is -0.478 e. The van der Waals surface area contributed by atoms with Crippen LogP contribution in [0.3, 0.4) is 0 Å². The quantitative estimate of drug-likeness (QED) is 0.0123. The van der Waals surface area contributed by atoms with Gasteiger partial charge in [-0.1, -0.05) is 340 Å². The van der Waals surface area contributed by atoms with Crippen molar-refractivity contribution in [3.05, 3.63) is 234 Å². The molecule has 0 aliphatic rings. The number of aryl methyl sites for hydroxylation is 6. The maximum Gasteiger partial charge on any atom is 1.00 e. The van der Waals surface area contributed by atoms with Gasteiger partial charge in [0.25, 0.3) is 6.47 Å². The predicted molar refractivity (Wildman–Crippen MR) is 556 cm³/mol. The molecule has 0 aliphatic heterocycles. The molecule has 0 bridgehead atoms. The predicted octanol–water partition coefficient (Wildman–Crippen LogP) is 33.7. The summed E-state index contributed by atoms with van der Waals surface area (Å²) < 4.78 is 52.7. The summed E-state index contributed by atoms with van der Waals surface area (Å²) in [4.78, 5) is 74.5. The SMILES string of the molecule is C.CCCCCCCCCc1ccnc(-c2cc(CCCCCCCCC)ccn2)c1.CCCCCCCCCc1ccnc(-c2cc(CCCCCCCCC)ccn2)c1.CCCCCCCCCc1ccnc(-c2cc(CCCCCCCCC)ccn2)c1.FF.FF.FF.O=COc1ccnc(-c2cc(C(=O)O)ccn2)c1.PP.[Ru+].[Ru+].c1ccc2[n-]c(-c3nc4ccccc4[n-]3)nc2c1. The molecule has 0 aliphatic carbocycles. The molecule has 16 nitrogen and oxygen atoms in total. The molecule has 2 unspecified atom stereocenters. The number of unbranched alkanes of at least 4 members (excludes halogenated alkanes) is 36. The normalized spacial score (nSPS) is 10.3. The van der Waals surface area contributed by atoms with Crippen molar-refractivity contribution in [2.24, 2.45) is 0 Å². The molecule has 26 heteroatoms. The maximum absolute atomic E-state index is 10.8. The minimum atomic E-state index is -1.04. The van der Waals surface area contributed by atoms with E-state index >= 15 is 0 Å². The van der Waals surface area contributed by atoms with E-state index in [4.69, 9.17) is 32.6 Å². The summed E-state index contributed by atoms with van der Waals surface area (Å²) in [6, 6.07) is 47.8. The number of hydrogen-bond acceptors (Lipinski definition) is 13. The van der Waals surface area contributed by atoms with E-state index in [-0.39, 0.29) is 51.9 Å². The number of halogens is 6. The average Bonchev–Trinajstić information content (AvgIpc) is 1.65. The van der Waals surface area contributed by atoms with Gasteiger partial charge in [0.1, 0.15) is 5.75 Å². The zero-order valence-corrected chi connectivity index (χ0v) is 87.4. The molecular formula is C111H156F6N12O4P2Ru2. The number of para-hydroxylation sites is 4. The zero-order chi connectivity index (χ0) is 96.7. The van der Waals surface area contributed by atoms with Crippen LogP contribution in [0.15, 0.2) is 195 Å². The van der Waals surface area contributed by atoms with Crippen molar-refractivity contribution in [3.63, 3.8) is 0 Å². The second-order valence-corrected chi connectivity index (χ2v) is 33.9. The van der Waals surface area contributed by atoms with E-state index in [9.17, 15) is 9.59 Å². The van der Waals surface area contributed by atoms with Gasteiger partial charge in [-0.15, -0.1) is 17.9 Å². The number of hydrogen-bond donors (Lipinski definition) is 1. The van der Waals surface area contributed by atoms with Gasteiger partial charge in [-0.05, 0) is 223 Å². The fourth-order valence-electron chi connectivity index (χ4n) is 15.7. The third-order valence-corrected chi connectivity index (χ3v) is 23.2. The van der Waals surface area contributed by atoms with Crippen LogP contribution in [-0.4, -0.2) is 67.4 Å². The molecule has 752 valence electrons. The van der Waals surface area contributed by atoms with Crippen LogP contribution in [0.4, 0.5) is 27.4 Å². The Bertz CT molecular complexity index is 4370. The standard InChI is InChI=1S/3C28H44N2.C14H8N4.C12H8N2O4.CH4.3F2.H4P2.2Ru/c3*1-3-5-7-9-11-13-15-17-25-19-21-29-27(23-25)28-24-26(20-22-30-28)18-16-14-12-10-8-6-4-2;1-2-6-10-9(5-1)15-13(16-10)14-17-11-7-3-4-8-12(11)18-14;15-7-18-9-2-4-14-11(6-9)10-5-8(12(16)17)1-3-13-10;;4*1-2;;/h3*19-24H,3-18H2,1-2H3;1-8H;1-7H,(H,16,17);1H4;;;;1-2H2;;/q;;;-2;;;;;;;2*+1. The topological polar surface area (TPSA) is 221 Å². The summed E-state index contributed by atoms with van der Waals surface area (Å²) in [6.07, 6.45) is 78.5. The molecule has 0 fully saturated rings. The first-order chi connectivity index (χ1) is 66.1. The van der Waals surface area contributed by atoms with E-state index in [1.807, 2.05) is 85.7 Å². The molecule has 1 N–H and O–H groups in total. The van der Waals surface area contributed by atoms with Crippen LogP contribution < -0.4 is 14.7 Å². The number of fused-ring (bicyclic) bond motifs is 2. The molecular weight excluding hydrogens is 1940 g/mol. The van der Waals surface area contributed by atoms with Gasteiger partial charge in [0.2, 0.25) is 0 Å². The van der Waals surface area contributed by atoms with Crippen molar-refractivity contribution in [3.8, 4) is 62.9 Å². The number of rotatable bonds is 56. The fraction of sp³-hybridized carbons (Fsp3) is 0.495. The average molecular weight is 2100 g/mol. The van der Waals surface area contributed by atoms with Crippen molar-refractivity contribution in [1.82, 2.24) is 59.8 Å². The van der Waals surface area contributed by atoms with Crippen LogP contribution in [0.1, 0.15) is 362 Å². The summed E-state index contributed by atoms with van der Waals surface area (Å²) >= 11 is 0. The number of carboxylic acids is 1. The number of nitrogens with zero attached hydrogens (tertiary/aromatic N) is 12. The van der Waals surface area contributed by atoms with E-state index < -0.39 is 5.97 Å². The summed E-state index contributed by atoms with van der Waals surface area (Å²) in [5.74, 6) is 0.455. The number of carbonyl (C=O) groups is 2. The summed E-state index contributed by atoms with van der Waals surface area (Å²) in [7, 11) is 4.67. The Morgan fingerprint density at radius 1 is 0.299 bits per heavy atom. The van der Waals surface area contributed by atoms with Gasteiger partial charge in [0, 0.05) is 83.1 Å². The van der Waals surface area contributed by atoms with E-state index in [1.54, 1.807) is 0 Å². The van der Waals surface area contributed by atoms with E-state index in [0.29, 0.717) is 35.3 Å². The maximum atomic E-state index is 10.8. The monoisotopic (exact) mass is 2100 g/mol. The molecule has 0 amide bonds. The number of imidazole rings is 2. The molecule has 137 heavy (non-hydrogen) atoms. The first kappa shape index (κ1) is 126. The molecule has 2 atom stereocenters. The summed E-state index contributed by atoms with van der Waals surface area (Å²) in [6.45, 7) is 14.0. The summed E-state index contributed by atoms with van der Waals surface area (Å²) in [5.41, 5.74) is 19.0. The number of pyridine rings is 8. The molecule has 12 rings (SSSR count). The van der Waals surface area contributed by atoms with Gasteiger partial charge in [-0.3, -0.25) is 44.7 Å². The fourth-order valence-corrected chi connectivity index (χ4v) is 15.7. The number of aromatic carboxylic acids is 1. The second-order valence-electron chi connectivity index (χ2n) is 33.9. The first-order valence-corrected chi connectivity index (χ1v) is 52.3. The van der Waals surface area contributed by atoms with E-state index in [1.165, 1.54) is 340 Å². The largest absolute Gasteiger partial charge is 1.00 e. The molecule has 12 aromatic rings. The Balaban J connectivity index is 0.000000846. The second kappa shape index (κ2) is 85.2. The molecule has 10 aromatic heterocycles. The van der Waals surface area contributed by atoms with Crippen LogP contribution in [-0.2, 0) is 82.3 Å². The van der Waals surface area contributed by atoms with E-state index in [0.717, 1.165) is 94.8 Å². The van der Waals surface area contributed by atoms with Crippen molar-refractivity contribution in [2.75, 3.05) is 0 Å². The smallest absolute Gasteiger partial charge is 0.478 e. The van der Waals surface area contributed by atoms with Gasteiger partial charge < -0.3 is 29.8 Å². The van der Waals surface area contributed by atoms with E-state index in [2.05, 4.69) is 197 Å². The Hall–Kier alpha value is -8.79. The number of carbonyl (C=O) groups excluding carboxylic acids is 1. The molecule has 10 heterocycles. The number of carboxylic acid groups (broad SMARTS) is 1. The first-order valence-electron chi connectivity index (χ1n) is 49.6. The van der Waals surface area contributed by atoms with Crippen molar-refractivity contribution < 1.29 is 85.8 Å². The Morgan fingerprint density at radius 2 is 0.504 bits per heavy atom. The molecule has 2 radical (unpaired) electrons. The van der Waals surface area contributed by atoms with Crippen molar-refractivity contribution in [2.45, 2.75) is 357 Å². The summed E-state index contributed by atoms with van der Waals surface area (Å²) in [5, 5.41) is 8.88. The van der Waals surface area contributed by atoms with Crippen LogP contribution in [0, 0.1) is 0 Å². The third-order valence-electron chi connectivity index (χ3n) is 23.2. The van der Waals surface area contributed by atoms with Crippen LogP contribution >= 0.6 is 17.9 Å². The van der Waals surface area contributed by atoms with Crippen LogP contribution in [0.5, 0.6) is 5.75 Å². The Morgan fingerprint density at radius 3 is 0.730 bits per heavy atom. The van der Waals surface area contributed by atoms with Crippen LogP contribution in [0.25, 0.3) is 79.3 Å². The molecule has 0 saturated heterocycles. The molecule has 0 spiro atoms. The molecule has 2 aromatic carbocycles. The minimum absolute atomic E-state index is 0. The number of aromatic nitrogens is 12. The van der Waals surface area contributed by atoms with Crippen molar-refractivity contribution in [1.29, 1.82) is 0 Å². The van der Waals surface area contributed by atoms with Crippen molar-refractivity contribution >= 4 is 52.4 Å². The van der Waals surface area contributed by atoms with Gasteiger partial charge in [-0.25, -0.2) is 4.79 Å². The van der Waals surface area contributed by atoms with Gasteiger partial charge >= 0.3 is 44.9 Å². The number of ether oxygens (including phenoxy) is 1. The Kier molecular flexibility index (Phi) is 78.5. The molecule has 0 saturated carbocycles. The van der Waals surface area contributed by atoms with Crippen LogP contribution in [0.2, 0.25) is 0 Å². The Labute approximate surface area is 846 Å². The zero-order valence-electron chi connectivity index (χ0n) is 81.7. The number of benzene rings is 2. The third kappa shape index (κ3) is 55.1. The van der Waals surface area contributed by atoms with Gasteiger partial charge in [-0.2, -0.15) is 0 Å². The van der Waals surface area contributed by atoms with Gasteiger partial charge in [0.15, 0.2) is 0 Å². The van der Waals surface area contributed by atoms with Gasteiger partial charge in [0.05, 0.1) is 51.1 Å².